The second kappa shape index (κ2) is 11.1. The van der Waals surface area contributed by atoms with Crippen molar-refractivity contribution in [3.05, 3.63) is 83.5 Å². The molecule has 5 aromatic rings. The van der Waals surface area contributed by atoms with Gasteiger partial charge in [-0.2, -0.15) is 9.97 Å². The van der Waals surface area contributed by atoms with Crippen molar-refractivity contribution in [1.29, 1.82) is 0 Å². The molecule has 6 rings (SSSR count). The first-order valence-corrected chi connectivity index (χ1v) is 13.1. The molecule has 4 heterocycles. The van der Waals surface area contributed by atoms with Crippen LogP contribution in [0, 0.1) is 0 Å². The molecule has 3 aromatic heterocycles. The van der Waals surface area contributed by atoms with Crippen LogP contribution in [0.3, 0.4) is 0 Å². The highest BCUT2D eigenvalue weighted by atomic mass is 35.5. The summed E-state index contributed by atoms with van der Waals surface area (Å²) >= 11 is 6.42. The zero-order valence-electron chi connectivity index (χ0n) is 21.6. The van der Waals surface area contributed by atoms with Gasteiger partial charge in [0, 0.05) is 38.3 Å². The first-order chi connectivity index (χ1) is 19.6. The van der Waals surface area contributed by atoms with Crippen LogP contribution in [0.1, 0.15) is 16.4 Å². The molecule has 0 radical (unpaired) electrons. The summed E-state index contributed by atoms with van der Waals surface area (Å²) < 4.78 is 16.6. The largest absolute Gasteiger partial charge is 0.497 e. The molecule has 12 heteroatoms. The Morgan fingerprint density at radius 1 is 1.05 bits per heavy atom. The number of benzene rings is 2. The number of nitrogens with zero attached hydrogens (tertiary/aromatic N) is 5. The van der Waals surface area contributed by atoms with Crippen molar-refractivity contribution in [2.75, 3.05) is 43.5 Å². The molecule has 1 aliphatic rings. The van der Waals surface area contributed by atoms with Crippen LogP contribution in [-0.2, 0) is 6.54 Å². The van der Waals surface area contributed by atoms with Crippen LogP contribution >= 0.6 is 11.6 Å². The standard InChI is InChI=1S/C28H26ClN7O4/c1-38-18-8-9-22(19(29)15-18)40-26-16-25(35-10-12-36(13-11-35)27(37)23-7-4-14-39-23)33-28(34-26)30-17-24-31-20-5-2-3-6-21(20)32-24/h2-9,14-16H,10-13,17H2,1H3,(H,31,32)(H,30,33,34). The van der Waals surface area contributed by atoms with Gasteiger partial charge < -0.3 is 34.0 Å². The number of piperazine rings is 1. The van der Waals surface area contributed by atoms with Gasteiger partial charge >= 0.3 is 0 Å². The van der Waals surface area contributed by atoms with Crippen molar-refractivity contribution in [2.24, 2.45) is 0 Å². The Hall–Kier alpha value is -4.77. The van der Waals surface area contributed by atoms with Gasteiger partial charge in [0.15, 0.2) is 5.76 Å². The van der Waals surface area contributed by atoms with Crippen LogP contribution in [0.15, 0.2) is 71.3 Å². The van der Waals surface area contributed by atoms with Gasteiger partial charge in [0.05, 0.1) is 36.0 Å². The summed E-state index contributed by atoms with van der Waals surface area (Å²) in [7, 11) is 1.57. The van der Waals surface area contributed by atoms with E-state index in [2.05, 4.69) is 25.2 Å². The van der Waals surface area contributed by atoms with E-state index in [9.17, 15) is 4.79 Å². The molecule has 40 heavy (non-hydrogen) atoms. The third kappa shape index (κ3) is 5.50. The number of carbonyl (C=O) groups is 1. The van der Waals surface area contributed by atoms with Crippen molar-refractivity contribution in [3.63, 3.8) is 0 Å². The van der Waals surface area contributed by atoms with Crippen LogP contribution in [-0.4, -0.2) is 64.0 Å². The predicted molar refractivity (Wildman–Crippen MR) is 150 cm³/mol. The van der Waals surface area contributed by atoms with Gasteiger partial charge in [0.1, 0.15) is 23.1 Å². The molecule has 0 bridgehead atoms. The summed E-state index contributed by atoms with van der Waals surface area (Å²) in [6.07, 6.45) is 1.50. The Bertz CT molecular complexity index is 1600. The van der Waals surface area contributed by atoms with Gasteiger partial charge in [-0.05, 0) is 36.4 Å². The lowest BCUT2D eigenvalue weighted by Gasteiger charge is -2.35. The molecule has 11 nitrogen and oxygen atoms in total. The maximum atomic E-state index is 12.7. The third-order valence-electron chi connectivity index (χ3n) is 6.52. The van der Waals surface area contributed by atoms with E-state index in [0.717, 1.165) is 16.9 Å². The minimum absolute atomic E-state index is 0.126. The first-order valence-electron chi connectivity index (χ1n) is 12.7. The topological polar surface area (TPSA) is 122 Å². The van der Waals surface area contributed by atoms with E-state index in [0.29, 0.717) is 72.7 Å². The molecule has 1 fully saturated rings. The van der Waals surface area contributed by atoms with Gasteiger partial charge in [0.25, 0.3) is 5.91 Å². The van der Waals surface area contributed by atoms with Crippen LogP contribution < -0.4 is 19.7 Å². The van der Waals surface area contributed by atoms with Gasteiger partial charge in [0.2, 0.25) is 11.8 Å². The average molecular weight is 560 g/mol. The highest BCUT2D eigenvalue weighted by Crippen LogP contribution is 2.33. The van der Waals surface area contributed by atoms with E-state index in [1.807, 2.05) is 24.3 Å². The lowest BCUT2D eigenvalue weighted by Crippen LogP contribution is -2.49. The number of nitrogens with one attached hydrogen (secondary N) is 2. The highest BCUT2D eigenvalue weighted by molar-refractivity contribution is 6.32. The zero-order valence-corrected chi connectivity index (χ0v) is 22.4. The summed E-state index contributed by atoms with van der Waals surface area (Å²) in [6, 6.07) is 18.1. The van der Waals surface area contributed by atoms with Crippen molar-refractivity contribution < 1.29 is 18.7 Å². The molecule has 2 aromatic carbocycles. The Morgan fingerprint density at radius 3 is 2.65 bits per heavy atom. The van der Waals surface area contributed by atoms with E-state index < -0.39 is 0 Å². The molecule has 0 spiro atoms. The Balaban J connectivity index is 1.23. The zero-order chi connectivity index (χ0) is 27.5. The van der Waals surface area contributed by atoms with E-state index >= 15 is 0 Å². The quantitative estimate of drug-likeness (QED) is 0.271. The fourth-order valence-corrected chi connectivity index (χ4v) is 4.67. The smallest absolute Gasteiger partial charge is 0.289 e. The number of anilines is 2. The fraction of sp³-hybridized carbons (Fsp3) is 0.214. The molecular formula is C28H26ClN7O4. The number of aromatic nitrogens is 4. The van der Waals surface area contributed by atoms with Gasteiger partial charge in [-0.3, -0.25) is 4.79 Å². The van der Waals surface area contributed by atoms with Gasteiger partial charge in [-0.25, -0.2) is 4.98 Å². The number of methoxy groups -OCH3 is 1. The molecule has 1 aliphatic heterocycles. The summed E-state index contributed by atoms with van der Waals surface area (Å²) in [5.74, 6) is 3.36. The molecular weight excluding hydrogens is 534 g/mol. The Morgan fingerprint density at radius 2 is 1.90 bits per heavy atom. The average Bonchev–Trinajstić information content (AvgIpc) is 3.67. The van der Waals surface area contributed by atoms with Crippen LogP contribution in [0.2, 0.25) is 5.02 Å². The second-order valence-electron chi connectivity index (χ2n) is 9.10. The number of aromatic amines is 1. The number of rotatable bonds is 8. The molecule has 1 saturated heterocycles. The number of fused-ring (bicyclic) bond motifs is 1. The summed E-state index contributed by atoms with van der Waals surface area (Å²) in [5, 5.41) is 3.64. The van der Waals surface area contributed by atoms with Crippen molar-refractivity contribution in [3.8, 4) is 17.4 Å². The monoisotopic (exact) mass is 559 g/mol. The maximum absolute atomic E-state index is 12.7. The molecule has 0 unspecified atom stereocenters. The second-order valence-corrected chi connectivity index (χ2v) is 9.50. The van der Waals surface area contributed by atoms with E-state index in [4.69, 9.17) is 30.5 Å². The summed E-state index contributed by atoms with van der Waals surface area (Å²) in [5.41, 5.74) is 1.84. The molecule has 204 valence electrons. The van der Waals surface area contributed by atoms with E-state index in [-0.39, 0.29) is 5.91 Å². The molecule has 2 N–H and O–H groups in total. The molecule has 0 aliphatic carbocycles. The van der Waals surface area contributed by atoms with Crippen LogP contribution in [0.4, 0.5) is 11.8 Å². The minimum atomic E-state index is -0.126. The summed E-state index contributed by atoms with van der Waals surface area (Å²) in [4.78, 5) is 33.8. The lowest BCUT2D eigenvalue weighted by atomic mass is 10.3. The minimum Gasteiger partial charge on any atom is -0.497 e. The number of hydrogen-bond acceptors (Lipinski definition) is 9. The van der Waals surface area contributed by atoms with Gasteiger partial charge in [-0.15, -0.1) is 0 Å². The van der Waals surface area contributed by atoms with Crippen LogP contribution in [0.25, 0.3) is 11.0 Å². The van der Waals surface area contributed by atoms with E-state index in [1.54, 1.807) is 48.4 Å². The number of furan rings is 1. The number of amides is 1. The number of ether oxygens (including phenoxy) is 2. The maximum Gasteiger partial charge on any atom is 0.289 e. The number of carbonyl (C=O) groups excluding carboxylic acids is 1. The van der Waals surface area contributed by atoms with Gasteiger partial charge in [-0.1, -0.05) is 23.7 Å². The predicted octanol–water partition coefficient (Wildman–Crippen LogP) is 4.97. The number of H-pyrrole nitrogens is 1. The Labute approximate surface area is 234 Å². The highest BCUT2D eigenvalue weighted by Gasteiger charge is 2.25. The normalized spacial score (nSPS) is 13.4. The van der Waals surface area contributed by atoms with Crippen molar-refractivity contribution in [2.45, 2.75) is 6.54 Å². The number of imidazole rings is 1. The van der Waals surface area contributed by atoms with Crippen molar-refractivity contribution in [1.82, 2.24) is 24.8 Å². The van der Waals surface area contributed by atoms with Crippen molar-refractivity contribution >= 4 is 40.3 Å². The lowest BCUT2D eigenvalue weighted by molar-refractivity contribution is 0.0714. The number of halogens is 1. The summed E-state index contributed by atoms with van der Waals surface area (Å²) in [6.45, 7) is 2.58. The Kier molecular flexibility index (Phi) is 7.11. The molecule has 1 amide bonds. The van der Waals surface area contributed by atoms with E-state index in [1.165, 1.54) is 6.26 Å². The fourth-order valence-electron chi connectivity index (χ4n) is 4.46. The van der Waals surface area contributed by atoms with Crippen LogP contribution in [0.5, 0.6) is 17.4 Å². The SMILES string of the molecule is COc1ccc(Oc2cc(N3CCN(C(=O)c4ccco4)CC3)nc(NCc3nc4ccccc4[nH]3)n2)c(Cl)c1. The molecule has 0 saturated carbocycles. The first kappa shape index (κ1) is 25.5. The number of hydrogen-bond donors (Lipinski definition) is 2. The molecule has 0 atom stereocenters. The number of para-hydroxylation sites is 2. The third-order valence-corrected chi connectivity index (χ3v) is 6.81.